The molecule has 2 amide bonds. The Kier molecular flexibility index (Phi) is 4.79. The fourth-order valence-corrected chi connectivity index (χ4v) is 1.85. The van der Waals surface area contributed by atoms with Gasteiger partial charge in [-0.1, -0.05) is 11.6 Å². The van der Waals surface area contributed by atoms with Gasteiger partial charge in [-0.25, -0.2) is 4.98 Å². The van der Waals surface area contributed by atoms with Crippen molar-refractivity contribution >= 4 is 29.2 Å². The van der Waals surface area contributed by atoms with Crippen LogP contribution in [0.2, 0.25) is 5.02 Å². The molecule has 1 saturated carbocycles. The van der Waals surface area contributed by atoms with Crippen molar-refractivity contribution in [2.45, 2.75) is 25.3 Å². The summed E-state index contributed by atoms with van der Waals surface area (Å²) < 4.78 is 0. The van der Waals surface area contributed by atoms with Crippen molar-refractivity contribution in [2.75, 3.05) is 18.9 Å². The van der Waals surface area contributed by atoms with Crippen LogP contribution in [0.4, 0.5) is 5.82 Å². The van der Waals surface area contributed by atoms with Gasteiger partial charge >= 0.3 is 0 Å². The average molecular weight is 297 g/mol. The van der Waals surface area contributed by atoms with Crippen molar-refractivity contribution in [3.63, 3.8) is 0 Å². The summed E-state index contributed by atoms with van der Waals surface area (Å²) in [5.74, 6) is 0.212. The lowest BCUT2D eigenvalue weighted by atomic mass is 10.2. The molecular weight excluding hydrogens is 280 g/mol. The molecule has 1 aliphatic carbocycles. The first-order valence-corrected chi connectivity index (χ1v) is 6.89. The minimum atomic E-state index is -0.312. The molecule has 6 nitrogen and oxygen atoms in total. The number of pyridine rings is 1. The topological polar surface area (TPSA) is 83.1 Å². The van der Waals surface area contributed by atoms with E-state index in [0.717, 1.165) is 12.8 Å². The van der Waals surface area contributed by atoms with E-state index in [1.165, 1.54) is 6.20 Å². The van der Waals surface area contributed by atoms with Crippen LogP contribution >= 0.6 is 11.6 Å². The standard InChI is InChI=1S/C13H17ClN4O2/c1-15-11-6-9(10(14)7-17-11)13(20)16-5-4-12(19)18-8-2-3-8/h6-8H,2-5H2,1H3,(H,15,17)(H,16,20)(H,18,19). The fourth-order valence-electron chi connectivity index (χ4n) is 1.66. The molecule has 0 aliphatic heterocycles. The van der Waals surface area contributed by atoms with E-state index in [9.17, 15) is 9.59 Å². The molecular formula is C13H17ClN4O2. The van der Waals surface area contributed by atoms with Crippen LogP contribution in [0.1, 0.15) is 29.6 Å². The van der Waals surface area contributed by atoms with Gasteiger partial charge in [0.15, 0.2) is 0 Å². The predicted octanol–water partition coefficient (Wildman–Crippen LogP) is 1.18. The molecule has 108 valence electrons. The number of aromatic nitrogens is 1. The first-order chi connectivity index (χ1) is 9.60. The molecule has 0 bridgehead atoms. The number of rotatable bonds is 6. The lowest BCUT2D eigenvalue weighted by Crippen LogP contribution is -2.31. The van der Waals surface area contributed by atoms with Crippen LogP contribution in [-0.2, 0) is 4.79 Å². The van der Waals surface area contributed by atoms with Gasteiger partial charge in [0, 0.05) is 32.3 Å². The number of carbonyl (C=O) groups excluding carboxylic acids is 2. The number of hydrogen-bond acceptors (Lipinski definition) is 4. The van der Waals surface area contributed by atoms with E-state index in [0.29, 0.717) is 17.4 Å². The number of nitrogens with one attached hydrogen (secondary N) is 3. The number of carbonyl (C=O) groups is 2. The average Bonchev–Trinajstić information content (AvgIpc) is 3.23. The maximum atomic E-state index is 12.0. The molecule has 0 aromatic carbocycles. The molecule has 0 radical (unpaired) electrons. The largest absolute Gasteiger partial charge is 0.373 e. The zero-order valence-corrected chi connectivity index (χ0v) is 12.0. The molecule has 20 heavy (non-hydrogen) atoms. The lowest BCUT2D eigenvalue weighted by Gasteiger charge is -2.08. The van der Waals surface area contributed by atoms with Crippen molar-refractivity contribution in [2.24, 2.45) is 0 Å². The molecule has 1 aromatic rings. The fraction of sp³-hybridized carbons (Fsp3) is 0.462. The number of halogens is 1. The zero-order chi connectivity index (χ0) is 14.5. The normalized spacial score (nSPS) is 13.7. The Morgan fingerprint density at radius 2 is 2.20 bits per heavy atom. The number of hydrogen-bond donors (Lipinski definition) is 3. The quantitative estimate of drug-likeness (QED) is 0.736. The number of nitrogens with zero attached hydrogens (tertiary/aromatic N) is 1. The third-order valence-corrected chi connectivity index (χ3v) is 3.24. The molecule has 0 saturated heterocycles. The second-order valence-corrected chi connectivity index (χ2v) is 5.05. The number of anilines is 1. The van der Waals surface area contributed by atoms with E-state index in [1.54, 1.807) is 13.1 Å². The maximum Gasteiger partial charge on any atom is 0.253 e. The smallest absolute Gasteiger partial charge is 0.253 e. The molecule has 1 aromatic heterocycles. The molecule has 7 heteroatoms. The molecule has 0 atom stereocenters. The van der Waals surface area contributed by atoms with Gasteiger partial charge in [-0.3, -0.25) is 9.59 Å². The molecule has 1 fully saturated rings. The summed E-state index contributed by atoms with van der Waals surface area (Å²) >= 11 is 5.94. The van der Waals surface area contributed by atoms with Gasteiger partial charge < -0.3 is 16.0 Å². The molecule has 2 rings (SSSR count). The van der Waals surface area contributed by atoms with Crippen LogP contribution < -0.4 is 16.0 Å². The van der Waals surface area contributed by atoms with E-state index < -0.39 is 0 Å². The van der Waals surface area contributed by atoms with Gasteiger partial charge in [0.1, 0.15) is 5.82 Å². The van der Waals surface area contributed by atoms with E-state index >= 15 is 0 Å². The van der Waals surface area contributed by atoms with Crippen LogP contribution in [0.15, 0.2) is 12.3 Å². The maximum absolute atomic E-state index is 12.0. The summed E-state index contributed by atoms with van der Waals surface area (Å²) in [6.45, 7) is 0.283. The summed E-state index contributed by atoms with van der Waals surface area (Å²) in [6.07, 6.45) is 3.79. The molecule has 1 aliphatic rings. The number of amides is 2. The lowest BCUT2D eigenvalue weighted by molar-refractivity contribution is -0.121. The van der Waals surface area contributed by atoms with Gasteiger partial charge in [0.2, 0.25) is 5.91 Å². The molecule has 0 unspecified atom stereocenters. The SMILES string of the molecule is CNc1cc(C(=O)NCCC(=O)NC2CC2)c(Cl)cn1. The monoisotopic (exact) mass is 296 g/mol. The second kappa shape index (κ2) is 6.56. The first kappa shape index (κ1) is 14.6. The highest BCUT2D eigenvalue weighted by atomic mass is 35.5. The van der Waals surface area contributed by atoms with Gasteiger partial charge in [-0.2, -0.15) is 0 Å². The van der Waals surface area contributed by atoms with E-state index in [4.69, 9.17) is 11.6 Å². The summed E-state index contributed by atoms with van der Waals surface area (Å²) in [5, 5.41) is 8.66. The van der Waals surface area contributed by atoms with Crippen molar-refractivity contribution in [1.29, 1.82) is 0 Å². The molecule has 3 N–H and O–H groups in total. The Labute approximate surface area is 122 Å². The highest BCUT2D eigenvalue weighted by Gasteiger charge is 2.22. The van der Waals surface area contributed by atoms with Crippen molar-refractivity contribution < 1.29 is 9.59 Å². The van der Waals surface area contributed by atoms with E-state index in [2.05, 4.69) is 20.9 Å². The van der Waals surface area contributed by atoms with Crippen LogP contribution in [0, 0.1) is 0 Å². The van der Waals surface area contributed by atoms with E-state index in [1.807, 2.05) is 0 Å². The Hall–Kier alpha value is -1.82. The van der Waals surface area contributed by atoms with Crippen molar-refractivity contribution in [3.05, 3.63) is 22.8 Å². The van der Waals surface area contributed by atoms with Crippen LogP contribution in [-0.4, -0.2) is 36.4 Å². The van der Waals surface area contributed by atoms with Gasteiger partial charge in [0.05, 0.1) is 10.6 Å². The minimum Gasteiger partial charge on any atom is -0.373 e. The summed E-state index contributed by atoms with van der Waals surface area (Å²) in [6, 6.07) is 1.91. The third kappa shape index (κ3) is 4.09. The highest BCUT2D eigenvalue weighted by molar-refractivity contribution is 6.33. The minimum absolute atomic E-state index is 0.0375. The highest BCUT2D eigenvalue weighted by Crippen LogP contribution is 2.19. The van der Waals surface area contributed by atoms with Crippen LogP contribution in [0.25, 0.3) is 0 Å². The van der Waals surface area contributed by atoms with Crippen molar-refractivity contribution in [3.8, 4) is 0 Å². The third-order valence-electron chi connectivity index (χ3n) is 2.94. The van der Waals surface area contributed by atoms with Crippen molar-refractivity contribution in [1.82, 2.24) is 15.6 Å². The first-order valence-electron chi connectivity index (χ1n) is 6.51. The van der Waals surface area contributed by atoms with E-state index in [-0.39, 0.29) is 29.8 Å². The van der Waals surface area contributed by atoms with Gasteiger partial charge in [-0.05, 0) is 18.9 Å². The summed E-state index contributed by atoms with van der Waals surface area (Å²) in [7, 11) is 1.71. The second-order valence-electron chi connectivity index (χ2n) is 4.65. The summed E-state index contributed by atoms with van der Waals surface area (Å²) in [5.41, 5.74) is 0.341. The zero-order valence-electron chi connectivity index (χ0n) is 11.2. The Morgan fingerprint density at radius 3 is 2.85 bits per heavy atom. The predicted molar refractivity (Wildman–Crippen MR) is 76.9 cm³/mol. The summed E-state index contributed by atoms with van der Waals surface area (Å²) in [4.78, 5) is 27.4. The van der Waals surface area contributed by atoms with Crippen LogP contribution in [0.3, 0.4) is 0 Å². The molecule has 0 spiro atoms. The van der Waals surface area contributed by atoms with Gasteiger partial charge in [-0.15, -0.1) is 0 Å². The Balaban J connectivity index is 1.83. The van der Waals surface area contributed by atoms with Crippen LogP contribution in [0.5, 0.6) is 0 Å². The Morgan fingerprint density at radius 1 is 1.45 bits per heavy atom. The Bertz CT molecular complexity index is 517. The molecule has 1 heterocycles. The van der Waals surface area contributed by atoms with Gasteiger partial charge in [0.25, 0.3) is 5.91 Å².